The van der Waals surface area contributed by atoms with Gasteiger partial charge in [-0.05, 0) is 24.8 Å². The van der Waals surface area contributed by atoms with Crippen LogP contribution in [0.2, 0.25) is 0 Å². The molecule has 18 heavy (non-hydrogen) atoms. The van der Waals surface area contributed by atoms with E-state index in [1.54, 1.807) is 0 Å². The van der Waals surface area contributed by atoms with Crippen molar-refractivity contribution in [3.63, 3.8) is 0 Å². The number of carbonyl (C=O) groups excluding carboxylic acids is 1. The molecule has 0 saturated heterocycles. The van der Waals surface area contributed by atoms with Crippen molar-refractivity contribution in [2.45, 2.75) is 25.7 Å². The molecule has 0 bridgehead atoms. The summed E-state index contributed by atoms with van der Waals surface area (Å²) >= 11 is 0. The van der Waals surface area contributed by atoms with Crippen molar-refractivity contribution in [3.05, 3.63) is 35.9 Å². The fraction of sp³-hybridized carbons (Fsp3) is 0.429. The fourth-order valence-corrected chi connectivity index (χ4v) is 1.88. The van der Waals surface area contributed by atoms with Crippen LogP contribution in [0.15, 0.2) is 30.3 Å². The van der Waals surface area contributed by atoms with Crippen LogP contribution in [0, 0.1) is 5.92 Å². The van der Waals surface area contributed by atoms with Crippen LogP contribution in [0.25, 0.3) is 0 Å². The molecule has 0 amide bonds. The number of rotatable bonds is 7. The van der Waals surface area contributed by atoms with E-state index in [2.05, 4.69) is 4.74 Å². The lowest BCUT2D eigenvalue weighted by Crippen LogP contribution is -2.20. The second kappa shape index (κ2) is 7.48. The number of carbonyl (C=O) groups is 2. The Morgan fingerprint density at radius 3 is 2.50 bits per heavy atom. The van der Waals surface area contributed by atoms with E-state index in [1.807, 2.05) is 30.3 Å². The number of ether oxygens (including phenoxy) is 1. The zero-order valence-electron chi connectivity index (χ0n) is 10.5. The number of carboxylic acids is 1. The third kappa shape index (κ3) is 4.99. The molecule has 1 aromatic rings. The quantitative estimate of drug-likeness (QED) is 0.754. The highest BCUT2D eigenvalue weighted by molar-refractivity contribution is 5.78. The first-order chi connectivity index (χ1) is 8.63. The number of aliphatic carboxylic acids is 1. The average Bonchev–Trinajstić information content (AvgIpc) is 2.37. The molecule has 1 atom stereocenters. The van der Waals surface area contributed by atoms with Gasteiger partial charge in [-0.1, -0.05) is 30.3 Å². The summed E-state index contributed by atoms with van der Waals surface area (Å²) in [6.45, 7) is 0. The van der Waals surface area contributed by atoms with Gasteiger partial charge in [-0.15, -0.1) is 0 Å². The van der Waals surface area contributed by atoms with Crippen LogP contribution in [0.1, 0.15) is 24.8 Å². The van der Waals surface area contributed by atoms with Crippen molar-refractivity contribution < 1.29 is 19.4 Å². The minimum absolute atomic E-state index is 0.165. The third-order valence-electron chi connectivity index (χ3n) is 2.82. The van der Waals surface area contributed by atoms with Gasteiger partial charge in [-0.3, -0.25) is 9.59 Å². The highest BCUT2D eigenvalue weighted by Crippen LogP contribution is 2.15. The van der Waals surface area contributed by atoms with Gasteiger partial charge in [0.05, 0.1) is 19.4 Å². The van der Waals surface area contributed by atoms with Gasteiger partial charge in [0.25, 0.3) is 0 Å². The maximum atomic E-state index is 11.4. The van der Waals surface area contributed by atoms with Crippen molar-refractivity contribution in [2.24, 2.45) is 5.92 Å². The first-order valence-corrected chi connectivity index (χ1v) is 5.97. The highest BCUT2D eigenvalue weighted by atomic mass is 16.5. The highest BCUT2D eigenvalue weighted by Gasteiger charge is 2.21. The van der Waals surface area contributed by atoms with Gasteiger partial charge in [0.1, 0.15) is 0 Å². The number of carboxylic acid groups (broad SMARTS) is 1. The van der Waals surface area contributed by atoms with Gasteiger partial charge in [-0.2, -0.15) is 0 Å². The first-order valence-electron chi connectivity index (χ1n) is 5.97. The lowest BCUT2D eigenvalue weighted by atomic mass is 9.97. The van der Waals surface area contributed by atoms with Gasteiger partial charge in [0, 0.05) is 0 Å². The van der Waals surface area contributed by atoms with Gasteiger partial charge < -0.3 is 9.84 Å². The number of esters is 1. The Kier molecular flexibility index (Phi) is 5.91. The van der Waals surface area contributed by atoms with Crippen LogP contribution in [0.4, 0.5) is 0 Å². The summed E-state index contributed by atoms with van der Waals surface area (Å²) in [4.78, 5) is 22.1. The molecule has 0 aliphatic carbocycles. The Hall–Kier alpha value is -1.84. The van der Waals surface area contributed by atoms with Crippen molar-refractivity contribution >= 4 is 11.9 Å². The molecule has 0 radical (unpaired) electrons. The molecular weight excluding hydrogens is 232 g/mol. The van der Waals surface area contributed by atoms with Crippen molar-refractivity contribution in [1.29, 1.82) is 0 Å². The zero-order chi connectivity index (χ0) is 13.4. The fourth-order valence-electron chi connectivity index (χ4n) is 1.88. The van der Waals surface area contributed by atoms with E-state index in [4.69, 9.17) is 5.11 Å². The van der Waals surface area contributed by atoms with E-state index >= 15 is 0 Å². The Labute approximate surface area is 107 Å². The first kappa shape index (κ1) is 14.2. The summed E-state index contributed by atoms with van der Waals surface area (Å²) < 4.78 is 4.61. The molecule has 0 spiro atoms. The molecule has 0 heterocycles. The minimum Gasteiger partial charge on any atom is -0.481 e. The lowest BCUT2D eigenvalue weighted by molar-refractivity contribution is -0.151. The molecule has 1 aromatic carbocycles. The van der Waals surface area contributed by atoms with E-state index in [0.29, 0.717) is 6.42 Å². The molecule has 0 saturated carbocycles. The number of methoxy groups -OCH3 is 1. The molecule has 1 rings (SSSR count). The predicted molar refractivity (Wildman–Crippen MR) is 67.1 cm³/mol. The Balaban J connectivity index is 2.42. The van der Waals surface area contributed by atoms with Crippen molar-refractivity contribution in [2.75, 3.05) is 7.11 Å². The van der Waals surface area contributed by atoms with Gasteiger partial charge in [0.2, 0.25) is 0 Å². The lowest BCUT2D eigenvalue weighted by Gasteiger charge is -2.12. The summed E-state index contributed by atoms with van der Waals surface area (Å²) in [5.74, 6) is -1.95. The summed E-state index contributed by atoms with van der Waals surface area (Å²) in [5.41, 5.74) is 1.19. The van der Waals surface area contributed by atoms with Crippen LogP contribution in [-0.2, 0) is 20.7 Å². The minimum atomic E-state index is -0.967. The molecule has 4 heteroatoms. The number of aryl methyl sites for hydroxylation is 1. The molecule has 0 aromatic heterocycles. The zero-order valence-corrected chi connectivity index (χ0v) is 10.5. The number of hydrogen-bond donors (Lipinski definition) is 1. The molecule has 4 nitrogen and oxygen atoms in total. The van der Waals surface area contributed by atoms with Crippen LogP contribution in [-0.4, -0.2) is 24.2 Å². The molecule has 0 aliphatic rings. The molecule has 0 fully saturated rings. The molecular formula is C14H18O4. The topological polar surface area (TPSA) is 63.6 Å². The van der Waals surface area contributed by atoms with Gasteiger partial charge in [-0.25, -0.2) is 0 Å². The standard InChI is InChI=1S/C14H18O4/c1-18-14(17)12(10-13(15)16)9-5-8-11-6-3-2-4-7-11/h2-4,6-7,12H,5,8-10H2,1H3,(H,15,16)/t12-/m0/s1. The van der Waals surface area contributed by atoms with E-state index in [0.717, 1.165) is 12.8 Å². The monoisotopic (exact) mass is 250 g/mol. The average molecular weight is 250 g/mol. The third-order valence-corrected chi connectivity index (χ3v) is 2.82. The van der Waals surface area contributed by atoms with Crippen LogP contribution >= 0.6 is 0 Å². The molecule has 0 aliphatic heterocycles. The van der Waals surface area contributed by atoms with E-state index in [1.165, 1.54) is 12.7 Å². The molecule has 1 N–H and O–H groups in total. The summed E-state index contributed by atoms with van der Waals surface area (Å²) in [7, 11) is 1.29. The van der Waals surface area contributed by atoms with E-state index in [-0.39, 0.29) is 6.42 Å². The van der Waals surface area contributed by atoms with E-state index in [9.17, 15) is 9.59 Å². The number of benzene rings is 1. The maximum Gasteiger partial charge on any atom is 0.309 e. The van der Waals surface area contributed by atoms with Crippen LogP contribution in [0.5, 0.6) is 0 Å². The summed E-state index contributed by atoms with van der Waals surface area (Å²) in [6.07, 6.45) is 1.99. The van der Waals surface area contributed by atoms with Gasteiger partial charge in [0.15, 0.2) is 0 Å². The Morgan fingerprint density at radius 2 is 1.94 bits per heavy atom. The Morgan fingerprint density at radius 1 is 1.28 bits per heavy atom. The SMILES string of the molecule is COC(=O)[C@@H](CCCc1ccccc1)CC(=O)O. The second-order valence-corrected chi connectivity index (χ2v) is 4.20. The normalized spacial score (nSPS) is 11.8. The largest absolute Gasteiger partial charge is 0.481 e. The maximum absolute atomic E-state index is 11.4. The van der Waals surface area contributed by atoms with E-state index < -0.39 is 17.9 Å². The van der Waals surface area contributed by atoms with Crippen LogP contribution < -0.4 is 0 Å². The van der Waals surface area contributed by atoms with Crippen molar-refractivity contribution in [1.82, 2.24) is 0 Å². The predicted octanol–water partition coefficient (Wildman–Crippen LogP) is 2.27. The number of hydrogen-bond acceptors (Lipinski definition) is 3. The Bertz CT molecular complexity index is 386. The summed E-state index contributed by atoms with van der Waals surface area (Å²) in [6, 6.07) is 9.91. The van der Waals surface area contributed by atoms with Crippen molar-refractivity contribution in [3.8, 4) is 0 Å². The summed E-state index contributed by atoms with van der Waals surface area (Å²) in [5, 5.41) is 8.74. The molecule has 0 unspecified atom stereocenters. The smallest absolute Gasteiger partial charge is 0.309 e. The van der Waals surface area contributed by atoms with Crippen LogP contribution in [0.3, 0.4) is 0 Å². The van der Waals surface area contributed by atoms with Gasteiger partial charge >= 0.3 is 11.9 Å². The second-order valence-electron chi connectivity index (χ2n) is 4.20. The molecule has 98 valence electrons.